The second kappa shape index (κ2) is 7.61. The number of nitriles is 1. The van der Waals surface area contributed by atoms with Gasteiger partial charge in [0.1, 0.15) is 11.5 Å². The lowest BCUT2D eigenvalue weighted by Crippen LogP contribution is -2.47. The smallest absolute Gasteiger partial charge is 0.180 e. The van der Waals surface area contributed by atoms with E-state index in [0.717, 1.165) is 10.0 Å². The molecule has 2 aromatic carbocycles. The first kappa shape index (κ1) is 22.5. The first-order valence-electron chi connectivity index (χ1n) is 11.2. The molecule has 3 aliphatic rings. The van der Waals surface area contributed by atoms with E-state index in [1.54, 1.807) is 47.5 Å². The molecule has 0 unspecified atom stereocenters. The molecule has 6 heteroatoms. The van der Waals surface area contributed by atoms with Gasteiger partial charge in [0, 0.05) is 33.1 Å². The van der Waals surface area contributed by atoms with E-state index < -0.39 is 28.8 Å². The summed E-state index contributed by atoms with van der Waals surface area (Å²) in [5.41, 5.74) is -0.325. The van der Waals surface area contributed by atoms with Crippen molar-refractivity contribution in [2.45, 2.75) is 38.8 Å². The molecule has 0 N–H and O–H groups in total. The number of ketones is 3. The summed E-state index contributed by atoms with van der Waals surface area (Å²) in [7, 11) is 0. The highest BCUT2D eigenvalue weighted by atomic mass is 79.9. The second-order valence-electron chi connectivity index (χ2n) is 10.1. The van der Waals surface area contributed by atoms with E-state index in [4.69, 9.17) is 0 Å². The number of rotatable bonds is 2. The highest BCUT2D eigenvalue weighted by Crippen LogP contribution is 2.60. The molecule has 5 nitrogen and oxygen atoms in total. The number of nitrogens with zero attached hydrogens (tertiary/aromatic N) is 2. The van der Waals surface area contributed by atoms with E-state index in [1.165, 1.54) is 0 Å². The van der Waals surface area contributed by atoms with Crippen molar-refractivity contribution in [1.29, 1.82) is 5.26 Å². The van der Waals surface area contributed by atoms with Crippen molar-refractivity contribution in [3.63, 3.8) is 0 Å². The van der Waals surface area contributed by atoms with Gasteiger partial charge in [-0.2, -0.15) is 5.26 Å². The summed E-state index contributed by atoms with van der Waals surface area (Å²) in [5, 5.41) is 9.59. The van der Waals surface area contributed by atoms with Crippen LogP contribution in [0.25, 0.3) is 0 Å². The predicted octanol–water partition coefficient (Wildman–Crippen LogP) is 5.24. The molecule has 0 bridgehead atoms. The Morgan fingerprint density at radius 1 is 1.03 bits per heavy atom. The van der Waals surface area contributed by atoms with Crippen molar-refractivity contribution >= 4 is 33.3 Å². The minimum absolute atomic E-state index is 0.0808. The fourth-order valence-corrected chi connectivity index (χ4v) is 5.98. The summed E-state index contributed by atoms with van der Waals surface area (Å²) in [5.74, 6) is -1.33. The number of fused-ring (bicyclic) bond motifs is 3. The molecule has 170 valence electrons. The third-order valence-electron chi connectivity index (χ3n) is 7.20. The Bertz CT molecular complexity index is 1310. The largest absolute Gasteiger partial charge is 0.358 e. The molecular weight excluding hydrogens is 492 g/mol. The van der Waals surface area contributed by atoms with Gasteiger partial charge in [0.25, 0.3) is 0 Å². The van der Waals surface area contributed by atoms with Gasteiger partial charge in [-0.25, -0.2) is 0 Å². The molecule has 1 fully saturated rings. The summed E-state index contributed by atoms with van der Waals surface area (Å²) < 4.78 is 0.860. The minimum Gasteiger partial charge on any atom is -0.358 e. The number of hydrogen-bond acceptors (Lipinski definition) is 5. The average molecular weight is 515 g/mol. The van der Waals surface area contributed by atoms with Crippen molar-refractivity contribution in [1.82, 2.24) is 4.90 Å². The average Bonchev–Trinajstić information content (AvgIpc) is 3.24. The molecular formula is C28H23BrN2O3. The van der Waals surface area contributed by atoms with Crippen LogP contribution in [0.4, 0.5) is 0 Å². The van der Waals surface area contributed by atoms with Crippen LogP contribution in [0.15, 0.2) is 76.9 Å². The lowest BCUT2D eigenvalue weighted by Gasteiger charge is -2.34. The van der Waals surface area contributed by atoms with Crippen LogP contribution in [-0.2, 0) is 4.79 Å². The van der Waals surface area contributed by atoms with Crippen LogP contribution in [-0.4, -0.2) is 34.3 Å². The molecule has 2 aromatic rings. The van der Waals surface area contributed by atoms with Crippen LogP contribution in [0.2, 0.25) is 0 Å². The number of halogens is 1. The Balaban J connectivity index is 1.84. The third kappa shape index (κ3) is 2.93. The first-order chi connectivity index (χ1) is 16.1. The van der Waals surface area contributed by atoms with Crippen molar-refractivity contribution in [2.24, 2.45) is 10.8 Å². The van der Waals surface area contributed by atoms with Gasteiger partial charge < -0.3 is 4.90 Å². The van der Waals surface area contributed by atoms with E-state index in [0.29, 0.717) is 16.7 Å². The van der Waals surface area contributed by atoms with Gasteiger partial charge in [0.15, 0.2) is 17.3 Å². The van der Waals surface area contributed by atoms with E-state index in [1.807, 2.05) is 45.0 Å². The number of allylic oxidation sites excluding steroid dienone is 2. The molecule has 2 heterocycles. The highest BCUT2D eigenvalue weighted by Gasteiger charge is 2.71. The highest BCUT2D eigenvalue weighted by molar-refractivity contribution is 9.10. The SMILES string of the molecule is CC(C)(C)C(=O)[C@H]1[C@H](c2ccc(Br)cc2)C2(C(=O)c3ccccc3C2=O)[C@@H]2C=CC(C#N)=CN21. The van der Waals surface area contributed by atoms with Gasteiger partial charge in [-0.3, -0.25) is 14.4 Å². The summed E-state index contributed by atoms with van der Waals surface area (Å²) in [6.45, 7) is 5.53. The fraction of sp³-hybridized carbons (Fsp3) is 0.286. The Hall–Kier alpha value is -3.30. The molecule has 0 aromatic heterocycles. The maximum absolute atomic E-state index is 14.2. The zero-order chi connectivity index (χ0) is 24.4. The van der Waals surface area contributed by atoms with E-state index in [9.17, 15) is 19.6 Å². The number of hydrogen-bond donors (Lipinski definition) is 0. The summed E-state index contributed by atoms with van der Waals surface area (Å²) in [6.07, 6.45) is 5.04. The lowest BCUT2D eigenvalue weighted by molar-refractivity contribution is -0.130. The van der Waals surface area contributed by atoms with Crippen LogP contribution >= 0.6 is 15.9 Å². The summed E-state index contributed by atoms with van der Waals surface area (Å²) in [4.78, 5) is 44.2. The molecule has 2 aliphatic heterocycles. The quantitative estimate of drug-likeness (QED) is 0.511. The standard InChI is InChI=1S/C28H23BrN2O3/c1-27(2,3)26(34)23-22(17-9-11-18(29)12-10-17)28(21-13-8-16(14-30)15-31(21)23)24(32)19-6-4-5-7-20(19)25(28)33/h4-13,15,21-23H,1-3H3/t21-,22-,23+/m0/s1. The Morgan fingerprint density at radius 3 is 2.15 bits per heavy atom. The number of Topliss-reactive ketones (excluding diaryl/α,β-unsaturated/α-hetero) is 3. The first-order valence-corrected chi connectivity index (χ1v) is 12.0. The van der Waals surface area contributed by atoms with Crippen LogP contribution in [0.1, 0.15) is 53.0 Å². The van der Waals surface area contributed by atoms with Crippen LogP contribution < -0.4 is 0 Å². The molecule has 5 rings (SSSR count). The Morgan fingerprint density at radius 2 is 1.62 bits per heavy atom. The molecule has 34 heavy (non-hydrogen) atoms. The van der Waals surface area contributed by atoms with Crippen LogP contribution in [0.3, 0.4) is 0 Å². The zero-order valence-electron chi connectivity index (χ0n) is 19.1. The van der Waals surface area contributed by atoms with Gasteiger partial charge >= 0.3 is 0 Å². The molecule has 0 radical (unpaired) electrons. The van der Waals surface area contributed by atoms with Crippen molar-refractivity contribution in [3.8, 4) is 6.07 Å². The van der Waals surface area contributed by atoms with Crippen molar-refractivity contribution < 1.29 is 14.4 Å². The summed E-state index contributed by atoms with van der Waals surface area (Å²) >= 11 is 3.46. The van der Waals surface area contributed by atoms with Gasteiger partial charge in [0.05, 0.1) is 17.7 Å². The monoisotopic (exact) mass is 514 g/mol. The maximum Gasteiger partial charge on any atom is 0.180 e. The molecule has 3 atom stereocenters. The number of carbonyl (C=O) groups is 3. The maximum atomic E-state index is 14.2. The molecule has 1 spiro atoms. The van der Waals surface area contributed by atoms with Crippen molar-refractivity contribution in [2.75, 3.05) is 0 Å². The Labute approximate surface area is 206 Å². The fourth-order valence-electron chi connectivity index (χ4n) is 5.71. The molecule has 1 aliphatic carbocycles. The second-order valence-corrected chi connectivity index (χ2v) is 11.0. The van der Waals surface area contributed by atoms with Gasteiger partial charge in [0.2, 0.25) is 0 Å². The topological polar surface area (TPSA) is 78.2 Å². The van der Waals surface area contributed by atoms with E-state index in [2.05, 4.69) is 22.0 Å². The number of carbonyl (C=O) groups excluding carboxylic acids is 3. The third-order valence-corrected chi connectivity index (χ3v) is 7.72. The minimum atomic E-state index is -1.50. The van der Waals surface area contributed by atoms with E-state index >= 15 is 0 Å². The number of benzene rings is 2. The van der Waals surface area contributed by atoms with Crippen LogP contribution in [0.5, 0.6) is 0 Å². The molecule has 0 saturated carbocycles. The normalized spacial score (nSPS) is 24.6. The van der Waals surface area contributed by atoms with Crippen molar-refractivity contribution in [3.05, 3.63) is 93.6 Å². The Kier molecular flexibility index (Phi) is 5.03. The van der Waals surface area contributed by atoms with Gasteiger partial charge in [-0.15, -0.1) is 0 Å². The predicted molar refractivity (Wildman–Crippen MR) is 131 cm³/mol. The van der Waals surface area contributed by atoms with Crippen LogP contribution in [0, 0.1) is 22.2 Å². The summed E-state index contributed by atoms with van der Waals surface area (Å²) in [6, 6.07) is 15.0. The lowest BCUT2D eigenvalue weighted by atomic mass is 9.63. The zero-order valence-corrected chi connectivity index (χ0v) is 20.7. The van der Waals surface area contributed by atoms with E-state index in [-0.39, 0.29) is 17.3 Å². The molecule has 1 saturated heterocycles. The van der Waals surface area contributed by atoms with Gasteiger partial charge in [-0.05, 0) is 23.8 Å². The molecule has 0 amide bonds. The van der Waals surface area contributed by atoms with Gasteiger partial charge in [-0.1, -0.05) is 79.2 Å².